The van der Waals surface area contributed by atoms with Gasteiger partial charge in [0.15, 0.2) is 0 Å². The van der Waals surface area contributed by atoms with E-state index in [9.17, 15) is 0 Å². The van der Waals surface area contributed by atoms with E-state index >= 15 is 0 Å². The van der Waals surface area contributed by atoms with E-state index in [2.05, 4.69) is 32.9 Å². The van der Waals surface area contributed by atoms with Crippen LogP contribution in [0.5, 0.6) is 0 Å². The van der Waals surface area contributed by atoms with Crippen molar-refractivity contribution in [3.63, 3.8) is 0 Å². The summed E-state index contributed by atoms with van der Waals surface area (Å²) in [5.74, 6) is 0.549. The Morgan fingerprint density at radius 2 is 1.94 bits per heavy atom. The second-order valence-electron chi connectivity index (χ2n) is 4.78. The molecule has 0 fully saturated rings. The molecule has 1 aromatic rings. The van der Waals surface area contributed by atoms with E-state index in [4.69, 9.17) is 10.6 Å². The third-order valence-electron chi connectivity index (χ3n) is 2.90. The van der Waals surface area contributed by atoms with Crippen molar-refractivity contribution in [3.05, 3.63) is 35.4 Å². The highest BCUT2D eigenvalue weighted by atomic mass is 16.7. The number of benzene rings is 1. The fraction of sp³-hybridized carbons (Fsp3) is 0.571. The van der Waals surface area contributed by atoms with Crippen LogP contribution in [0, 0.1) is 12.8 Å². The highest BCUT2D eigenvalue weighted by molar-refractivity contribution is 5.28. The molecule has 0 amide bonds. The van der Waals surface area contributed by atoms with Crippen molar-refractivity contribution in [2.45, 2.75) is 26.8 Å². The zero-order valence-electron chi connectivity index (χ0n) is 11.3. The molecule has 0 aliphatic heterocycles. The van der Waals surface area contributed by atoms with Crippen molar-refractivity contribution in [2.75, 3.05) is 20.2 Å². The largest absolute Gasteiger partial charge is 0.329 e. The molecule has 1 unspecified atom stereocenters. The number of nitrogens with two attached hydrogens (primary N) is 1. The molecule has 0 saturated heterocycles. The third kappa shape index (κ3) is 3.80. The molecule has 1 aromatic carbocycles. The number of hydrogen-bond donors (Lipinski definition) is 1. The Balaban J connectivity index is 2.93. The summed E-state index contributed by atoms with van der Waals surface area (Å²) in [6, 6.07) is 8.46. The molecule has 0 spiro atoms. The lowest BCUT2D eigenvalue weighted by molar-refractivity contribution is -0.167. The summed E-state index contributed by atoms with van der Waals surface area (Å²) >= 11 is 0. The zero-order chi connectivity index (χ0) is 12.8. The quantitative estimate of drug-likeness (QED) is 0.771. The number of rotatable bonds is 6. The van der Waals surface area contributed by atoms with Crippen molar-refractivity contribution in [2.24, 2.45) is 11.7 Å². The Bertz CT molecular complexity index is 339. The normalized spacial score (nSPS) is 13.4. The van der Waals surface area contributed by atoms with E-state index in [1.165, 1.54) is 11.1 Å². The fourth-order valence-corrected chi connectivity index (χ4v) is 2.05. The molecule has 1 rings (SSSR count). The van der Waals surface area contributed by atoms with Crippen molar-refractivity contribution in [1.29, 1.82) is 0 Å². The summed E-state index contributed by atoms with van der Waals surface area (Å²) in [7, 11) is 1.71. The molecule has 0 saturated carbocycles. The van der Waals surface area contributed by atoms with Crippen molar-refractivity contribution in [1.82, 2.24) is 5.06 Å². The van der Waals surface area contributed by atoms with Gasteiger partial charge in [-0.2, -0.15) is 5.06 Å². The predicted octanol–water partition coefficient (Wildman–Crippen LogP) is 2.51. The first-order chi connectivity index (χ1) is 8.10. The van der Waals surface area contributed by atoms with Crippen molar-refractivity contribution >= 4 is 0 Å². The van der Waals surface area contributed by atoms with Crippen LogP contribution < -0.4 is 5.73 Å². The average molecular weight is 236 g/mol. The third-order valence-corrected chi connectivity index (χ3v) is 2.90. The van der Waals surface area contributed by atoms with E-state index in [0.29, 0.717) is 12.5 Å². The van der Waals surface area contributed by atoms with Gasteiger partial charge in [0.2, 0.25) is 0 Å². The fourth-order valence-electron chi connectivity index (χ4n) is 2.05. The van der Waals surface area contributed by atoms with Crippen LogP contribution in [-0.4, -0.2) is 25.3 Å². The van der Waals surface area contributed by atoms with E-state index in [-0.39, 0.29) is 6.04 Å². The first-order valence-corrected chi connectivity index (χ1v) is 6.16. The molecular formula is C14H24N2O. The molecule has 0 bridgehead atoms. The maximum Gasteiger partial charge on any atom is 0.0726 e. The van der Waals surface area contributed by atoms with Crippen molar-refractivity contribution < 1.29 is 4.84 Å². The van der Waals surface area contributed by atoms with Gasteiger partial charge in [0.25, 0.3) is 0 Å². The summed E-state index contributed by atoms with van der Waals surface area (Å²) in [6.45, 7) is 7.91. The Kier molecular flexibility index (Phi) is 5.62. The van der Waals surface area contributed by atoms with Crippen LogP contribution in [0.4, 0.5) is 0 Å². The number of hydroxylamine groups is 2. The average Bonchev–Trinajstić information content (AvgIpc) is 2.30. The predicted molar refractivity (Wildman–Crippen MR) is 71.5 cm³/mol. The first kappa shape index (κ1) is 14.2. The van der Waals surface area contributed by atoms with Crippen LogP contribution in [0.1, 0.15) is 31.0 Å². The van der Waals surface area contributed by atoms with Crippen LogP contribution in [0.25, 0.3) is 0 Å². The molecule has 0 heterocycles. The van der Waals surface area contributed by atoms with Gasteiger partial charge in [-0.25, -0.2) is 0 Å². The smallest absolute Gasteiger partial charge is 0.0726 e. The van der Waals surface area contributed by atoms with Crippen LogP contribution in [-0.2, 0) is 4.84 Å². The van der Waals surface area contributed by atoms with E-state index < -0.39 is 0 Å². The second kappa shape index (κ2) is 6.74. The molecule has 96 valence electrons. The van der Waals surface area contributed by atoms with Gasteiger partial charge in [-0.05, 0) is 24.0 Å². The molecule has 3 heteroatoms. The Morgan fingerprint density at radius 3 is 2.41 bits per heavy atom. The SMILES string of the molecule is CON(CC(C)C)C(CN)c1ccccc1C. The molecule has 2 N–H and O–H groups in total. The van der Waals surface area contributed by atoms with Gasteiger partial charge in [-0.15, -0.1) is 0 Å². The van der Waals surface area contributed by atoms with Crippen LogP contribution in [0.15, 0.2) is 24.3 Å². The first-order valence-electron chi connectivity index (χ1n) is 6.16. The van der Waals surface area contributed by atoms with Gasteiger partial charge in [0, 0.05) is 13.1 Å². The van der Waals surface area contributed by atoms with Crippen LogP contribution >= 0.6 is 0 Å². The van der Waals surface area contributed by atoms with Crippen molar-refractivity contribution in [3.8, 4) is 0 Å². The summed E-state index contributed by atoms with van der Waals surface area (Å²) in [5.41, 5.74) is 8.41. The minimum absolute atomic E-state index is 0.128. The van der Waals surface area contributed by atoms with E-state index in [0.717, 1.165) is 6.54 Å². The highest BCUT2D eigenvalue weighted by Gasteiger charge is 2.21. The number of nitrogens with zero attached hydrogens (tertiary/aromatic N) is 1. The van der Waals surface area contributed by atoms with Gasteiger partial charge in [-0.3, -0.25) is 0 Å². The van der Waals surface area contributed by atoms with Gasteiger partial charge in [-0.1, -0.05) is 38.1 Å². The van der Waals surface area contributed by atoms with E-state index in [1.54, 1.807) is 7.11 Å². The minimum Gasteiger partial charge on any atom is -0.329 e. The van der Waals surface area contributed by atoms with Gasteiger partial charge < -0.3 is 10.6 Å². The van der Waals surface area contributed by atoms with E-state index in [1.807, 2.05) is 17.2 Å². The Hall–Kier alpha value is -0.900. The summed E-state index contributed by atoms with van der Waals surface area (Å²) in [5, 5.41) is 1.98. The number of hydrogen-bond acceptors (Lipinski definition) is 3. The topological polar surface area (TPSA) is 38.5 Å². The van der Waals surface area contributed by atoms with Gasteiger partial charge >= 0.3 is 0 Å². The summed E-state index contributed by atoms with van der Waals surface area (Å²) in [6.07, 6.45) is 0. The van der Waals surface area contributed by atoms with Gasteiger partial charge in [0.1, 0.15) is 0 Å². The Labute approximate surface area is 105 Å². The van der Waals surface area contributed by atoms with Crippen LogP contribution in [0.3, 0.4) is 0 Å². The standard InChI is InChI=1S/C14H24N2O/c1-11(2)10-16(17-4)14(9-15)13-8-6-5-7-12(13)3/h5-8,11,14H,9-10,15H2,1-4H3. The van der Waals surface area contributed by atoms with Crippen LogP contribution in [0.2, 0.25) is 0 Å². The molecule has 1 atom stereocenters. The van der Waals surface area contributed by atoms with Gasteiger partial charge in [0.05, 0.1) is 13.2 Å². The summed E-state index contributed by atoms with van der Waals surface area (Å²) < 4.78 is 0. The lowest BCUT2D eigenvalue weighted by Crippen LogP contribution is -2.35. The second-order valence-corrected chi connectivity index (χ2v) is 4.78. The molecule has 17 heavy (non-hydrogen) atoms. The molecule has 0 aliphatic carbocycles. The molecular weight excluding hydrogens is 212 g/mol. The highest BCUT2D eigenvalue weighted by Crippen LogP contribution is 2.23. The summed E-state index contributed by atoms with van der Waals surface area (Å²) in [4.78, 5) is 5.48. The zero-order valence-corrected chi connectivity index (χ0v) is 11.3. The molecule has 0 aliphatic rings. The number of aryl methyl sites for hydroxylation is 1. The molecule has 3 nitrogen and oxygen atoms in total. The maximum absolute atomic E-state index is 5.90. The lowest BCUT2D eigenvalue weighted by atomic mass is 10.0. The lowest BCUT2D eigenvalue weighted by Gasteiger charge is -2.31. The molecule has 0 radical (unpaired) electrons. The minimum atomic E-state index is 0.128. The molecule has 0 aromatic heterocycles. The monoisotopic (exact) mass is 236 g/mol. The maximum atomic E-state index is 5.90. The Morgan fingerprint density at radius 1 is 1.29 bits per heavy atom.